The van der Waals surface area contributed by atoms with E-state index in [9.17, 15) is 13.3 Å². The molecule has 18 heavy (non-hydrogen) atoms. The van der Waals surface area contributed by atoms with Crippen molar-refractivity contribution in [2.24, 2.45) is 17.1 Å². The first-order chi connectivity index (χ1) is 8.42. The highest BCUT2D eigenvalue weighted by atomic mass is 19.3. The van der Waals surface area contributed by atoms with Crippen molar-refractivity contribution in [3.63, 3.8) is 0 Å². The Hall–Kier alpha value is -1.00. The van der Waals surface area contributed by atoms with Gasteiger partial charge in [0.2, 0.25) is 0 Å². The van der Waals surface area contributed by atoms with E-state index in [1.165, 1.54) is 6.08 Å². The molecule has 0 rings (SSSR count). The Morgan fingerprint density at radius 2 is 1.89 bits per heavy atom. The number of hydrogen-bond donors (Lipinski definition) is 0. The van der Waals surface area contributed by atoms with Gasteiger partial charge in [-0.2, -0.15) is 0 Å². The summed E-state index contributed by atoms with van der Waals surface area (Å²) in [5.74, 6) is 0.584. The fourth-order valence-corrected chi connectivity index (χ4v) is 1.71. The third-order valence-corrected chi connectivity index (χ3v) is 2.34. The summed E-state index contributed by atoms with van der Waals surface area (Å²) in [5, 5.41) is 2.12. The first-order valence-corrected chi connectivity index (χ1v) is 6.22. The maximum Gasteiger partial charge on any atom is 0.286 e. The minimum atomic E-state index is -2.96. The van der Waals surface area contributed by atoms with E-state index in [1.807, 2.05) is 6.92 Å². The van der Waals surface area contributed by atoms with Crippen LogP contribution < -0.4 is 0 Å². The second-order valence-corrected chi connectivity index (χ2v) is 4.79. The molecule has 0 amide bonds. The molecule has 0 unspecified atom stereocenters. The number of nitrogens with zero attached hydrogens (tertiary/aromatic N) is 1. The van der Waals surface area contributed by atoms with Crippen LogP contribution in [0, 0.1) is 11.8 Å². The van der Waals surface area contributed by atoms with Gasteiger partial charge in [-0.25, -0.2) is 8.78 Å². The number of alkyl halides is 2. The molecule has 0 spiro atoms. The van der Waals surface area contributed by atoms with Gasteiger partial charge in [0.25, 0.3) is 6.43 Å². The van der Waals surface area contributed by atoms with Crippen LogP contribution in [0.2, 0.25) is 0 Å². The van der Waals surface area contributed by atoms with Crippen LogP contribution in [-0.4, -0.2) is 18.7 Å². The van der Waals surface area contributed by atoms with Gasteiger partial charge < -0.3 is 4.74 Å². The van der Waals surface area contributed by atoms with E-state index in [0.717, 1.165) is 6.42 Å². The van der Waals surface area contributed by atoms with Crippen molar-refractivity contribution in [3.05, 3.63) is 11.8 Å². The molecule has 0 bridgehead atoms. The lowest BCUT2D eigenvalue weighted by Gasteiger charge is -2.17. The van der Waals surface area contributed by atoms with Crippen molar-refractivity contribution in [2.75, 3.05) is 6.61 Å². The van der Waals surface area contributed by atoms with E-state index in [0.29, 0.717) is 12.3 Å². The molecule has 0 saturated heterocycles. The van der Waals surface area contributed by atoms with Crippen molar-refractivity contribution in [3.8, 4) is 0 Å². The van der Waals surface area contributed by atoms with Gasteiger partial charge in [-0.1, -0.05) is 37.4 Å². The van der Waals surface area contributed by atoms with Crippen molar-refractivity contribution in [2.45, 2.75) is 47.0 Å². The van der Waals surface area contributed by atoms with Crippen LogP contribution in [0.5, 0.6) is 0 Å². The van der Waals surface area contributed by atoms with Crippen LogP contribution in [0.1, 0.15) is 40.5 Å². The zero-order valence-electron chi connectivity index (χ0n) is 11.4. The summed E-state index contributed by atoms with van der Waals surface area (Å²) in [5.41, 5.74) is -0.923. The molecule has 106 valence electrons. The molecule has 0 aliphatic heterocycles. The van der Waals surface area contributed by atoms with Gasteiger partial charge >= 0.3 is 0 Å². The lowest BCUT2D eigenvalue weighted by atomic mass is 10.00. The first kappa shape index (κ1) is 17.0. The molecule has 0 aromatic rings. The van der Waals surface area contributed by atoms with Gasteiger partial charge in [0.1, 0.15) is 5.76 Å². The highest BCUT2D eigenvalue weighted by Crippen LogP contribution is 2.16. The topological polar surface area (TPSA) is 21.6 Å². The molecule has 0 saturated carbocycles. The maximum absolute atomic E-state index is 12.5. The molecule has 2 nitrogen and oxygen atoms in total. The number of ether oxygens (including phenoxy) is 1. The van der Waals surface area contributed by atoms with E-state index < -0.39 is 12.1 Å². The fraction of sp³-hybridized carbons (Fsp3) is 0.769. The van der Waals surface area contributed by atoms with Crippen molar-refractivity contribution in [1.29, 1.82) is 0 Å². The monoisotopic (exact) mass is 265 g/mol. The van der Waals surface area contributed by atoms with Gasteiger partial charge in [0.05, 0.1) is 6.61 Å². The Kier molecular flexibility index (Phi) is 8.50. The average Bonchev–Trinajstić information content (AvgIpc) is 2.25. The smallest absolute Gasteiger partial charge is 0.286 e. The summed E-state index contributed by atoms with van der Waals surface area (Å²) in [6.07, 6.45) is -0.129. The number of rotatable bonds is 8. The largest absolute Gasteiger partial charge is 0.491 e. The first-order valence-electron chi connectivity index (χ1n) is 6.22. The van der Waals surface area contributed by atoms with Gasteiger partial charge in [-0.15, -0.1) is 0 Å². The second-order valence-electron chi connectivity index (χ2n) is 4.79. The molecule has 0 radical (unpaired) electrons. The number of allylic oxidation sites excluding steroid dienone is 2. The highest BCUT2D eigenvalue weighted by molar-refractivity contribution is 6.00. The molecule has 0 N–H and O–H groups in total. The molecule has 0 aliphatic carbocycles. The average molecular weight is 265 g/mol. The molecule has 0 aromatic heterocycles. The lowest BCUT2D eigenvalue weighted by Crippen LogP contribution is -2.18. The highest BCUT2D eigenvalue weighted by Gasteiger charge is 2.21. The van der Waals surface area contributed by atoms with Crippen molar-refractivity contribution in [1.82, 2.24) is 0 Å². The van der Waals surface area contributed by atoms with Crippen LogP contribution in [0.15, 0.2) is 17.0 Å². The van der Waals surface area contributed by atoms with Gasteiger partial charge in [-0.05, 0) is 30.8 Å². The maximum atomic E-state index is 12.5. The summed E-state index contributed by atoms with van der Waals surface area (Å²) >= 11 is 0. The van der Waals surface area contributed by atoms with Crippen molar-refractivity contribution >= 4 is 5.71 Å². The molecule has 0 aromatic carbocycles. The van der Waals surface area contributed by atoms with Crippen LogP contribution in [-0.2, 0) is 4.74 Å². The Labute approximate surface area is 107 Å². The van der Waals surface area contributed by atoms with Crippen LogP contribution in [0.25, 0.3) is 0 Å². The molecular formula is C13H22F3NO. The Morgan fingerprint density at radius 3 is 2.28 bits per heavy atom. The Bertz CT molecular complexity index is 288. The zero-order valence-corrected chi connectivity index (χ0v) is 11.4. The molecule has 5 heteroatoms. The summed E-state index contributed by atoms with van der Waals surface area (Å²) in [6.45, 7) is 8.18. The van der Waals surface area contributed by atoms with Crippen LogP contribution in [0.4, 0.5) is 13.3 Å². The minimum Gasteiger partial charge on any atom is -0.491 e. The SMILES string of the molecule is CC/C=C(/OC[C@H](C)CC(C)C)C(=NF)C(F)F. The second kappa shape index (κ2) is 9.00. The van der Waals surface area contributed by atoms with Gasteiger partial charge in [-0.3, -0.25) is 0 Å². The van der Waals surface area contributed by atoms with Gasteiger partial charge in [0.15, 0.2) is 5.71 Å². The van der Waals surface area contributed by atoms with Crippen LogP contribution in [0.3, 0.4) is 0 Å². The third-order valence-electron chi connectivity index (χ3n) is 2.34. The molecular weight excluding hydrogens is 243 g/mol. The minimum absolute atomic E-state index is 0.148. The van der Waals surface area contributed by atoms with E-state index in [-0.39, 0.29) is 18.3 Å². The quantitative estimate of drug-likeness (QED) is 0.465. The third kappa shape index (κ3) is 6.67. The summed E-state index contributed by atoms with van der Waals surface area (Å²) in [6, 6.07) is 0. The number of hydrogen-bond acceptors (Lipinski definition) is 2. The van der Waals surface area contributed by atoms with E-state index in [4.69, 9.17) is 4.74 Å². The summed E-state index contributed by atoms with van der Waals surface area (Å²) in [4.78, 5) is 0. The Morgan fingerprint density at radius 1 is 1.28 bits per heavy atom. The van der Waals surface area contributed by atoms with Gasteiger partial charge in [0, 0.05) is 0 Å². The molecule has 0 fully saturated rings. The Balaban J connectivity index is 4.52. The summed E-state index contributed by atoms with van der Waals surface area (Å²) < 4.78 is 42.5. The molecule has 0 heterocycles. The standard InChI is InChI=1S/C13H22F3NO/c1-5-6-11(12(17-16)13(14)15)18-8-10(4)7-9(2)3/h6,9-10,13H,5,7-8H2,1-4H3/b11-6+,17-12?/t10-/m1/s1. The molecule has 0 aliphatic rings. The number of halogens is 3. The zero-order chi connectivity index (χ0) is 14.1. The predicted molar refractivity (Wildman–Crippen MR) is 67.5 cm³/mol. The van der Waals surface area contributed by atoms with Crippen LogP contribution >= 0.6 is 0 Å². The lowest BCUT2D eigenvalue weighted by molar-refractivity contribution is 0.160. The van der Waals surface area contributed by atoms with Crippen molar-refractivity contribution < 1.29 is 18.0 Å². The normalized spacial score (nSPS) is 15.4. The molecule has 1 atom stereocenters. The summed E-state index contributed by atoms with van der Waals surface area (Å²) in [7, 11) is 0. The van der Waals surface area contributed by atoms with E-state index in [2.05, 4.69) is 19.1 Å². The van der Waals surface area contributed by atoms with E-state index in [1.54, 1.807) is 6.92 Å². The van der Waals surface area contributed by atoms with E-state index >= 15 is 0 Å². The fourth-order valence-electron chi connectivity index (χ4n) is 1.71. The predicted octanol–water partition coefficient (Wildman–Crippen LogP) is 4.57.